The van der Waals surface area contributed by atoms with Gasteiger partial charge in [0.1, 0.15) is 5.82 Å². The van der Waals surface area contributed by atoms with Gasteiger partial charge in [-0.2, -0.15) is 0 Å². The Morgan fingerprint density at radius 1 is 1.64 bits per heavy atom. The van der Waals surface area contributed by atoms with Crippen molar-refractivity contribution >= 4 is 27.4 Å². The molecule has 2 aromatic rings. The minimum absolute atomic E-state index is 0.0975. The van der Waals surface area contributed by atoms with Crippen molar-refractivity contribution in [2.75, 3.05) is 5.73 Å². The van der Waals surface area contributed by atoms with Gasteiger partial charge in [0.05, 0.1) is 10.2 Å². The number of rotatable bonds is 0. The van der Waals surface area contributed by atoms with Gasteiger partial charge >= 0.3 is 4.87 Å². The van der Waals surface area contributed by atoms with Gasteiger partial charge in [0.15, 0.2) is 0 Å². The highest BCUT2D eigenvalue weighted by molar-refractivity contribution is 7.17. The van der Waals surface area contributed by atoms with Crippen LogP contribution in [0.1, 0.15) is 0 Å². The van der Waals surface area contributed by atoms with Crippen molar-refractivity contribution in [2.24, 2.45) is 0 Å². The first-order valence-electron chi connectivity index (χ1n) is 3.00. The van der Waals surface area contributed by atoms with E-state index in [4.69, 9.17) is 5.73 Å². The zero-order chi connectivity index (χ0) is 7.84. The molecular weight excluding hydrogens is 162 g/mol. The van der Waals surface area contributed by atoms with Crippen LogP contribution in [0.15, 0.2) is 17.1 Å². The Morgan fingerprint density at radius 2 is 2.45 bits per heavy atom. The Labute approximate surface area is 65.7 Å². The molecule has 2 rings (SSSR count). The van der Waals surface area contributed by atoms with Crippen molar-refractivity contribution < 1.29 is 0 Å². The Kier molecular flexibility index (Phi) is 1.19. The SMILES string of the molecule is Nc1nccc2[nH]c(=O)sc12. The number of fused-ring (bicyclic) bond motifs is 1. The number of hydrogen-bond acceptors (Lipinski definition) is 4. The first-order valence-corrected chi connectivity index (χ1v) is 3.82. The molecule has 0 aliphatic carbocycles. The molecule has 0 unspecified atom stereocenters. The largest absolute Gasteiger partial charge is 0.382 e. The maximum absolute atomic E-state index is 10.8. The highest BCUT2D eigenvalue weighted by Gasteiger charge is 2.01. The molecule has 2 aromatic heterocycles. The predicted octanol–water partition coefficient (Wildman–Crippen LogP) is 0.567. The van der Waals surface area contributed by atoms with Crippen LogP contribution in [0.5, 0.6) is 0 Å². The first-order chi connectivity index (χ1) is 5.27. The molecule has 0 bridgehead atoms. The molecule has 4 nitrogen and oxygen atoms in total. The zero-order valence-corrected chi connectivity index (χ0v) is 6.31. The van der Waals surface area contributed by atoms with Crippen LogP contribution >= 0.6 is 11.3 Å². The van der Waals surface area contributed by atoms with Crippen LogP contribution in [-0.2, 0) is 0 Å². The van der Waals surface area contributed by atoms with E-state index in [1.165, 1.54) is 0 Å². The number of hydrogen-bond donors (Lipinski definition) is 2. The number of H-pyrrole nitrogens is 1. The molecule has 5 heteroatoms. The van der Waals surface area contributed by atoms with E-state index < -0.39 is 0 Å². The van der Waals surface area contributed by atoms with Crippen LogP contribution in [0, 0.1) is 0 Å². The molecule has 0 amide bonds. The summed E-state index contributed by atoms with van der Waals surface area (Å²) < 4.78 is 0.734. The number of aromatic amines is 1. The Bertz CT molecular complexity index is 444. The summed E-state index contributed by atoms with van der Waals surface area (Å²) in [6, 6.07) is 1.73. The summed E-state index contributed by atoms with van der Waals surface area (Å²) in [5, 5.41) is 0. The topological polar surface area (TPSA) is 71.8 Å². The van der Waals surface area contributed by atoms with Crippen LogP contribution in [0.3, 0.4) is 0 Å². The second kappa shape index (κ2) is 2.06. The fraction of sp³-hybridized carbons (Fsp3) is 0. The van der Waals surface area contributed by atoms with Gasteiger partial charge in [0.25, 0.3) is 0 Å². The fourth-order valence-electron chi connectivity index (χ4n) is 0.898. The van der Waals surface area contributed by atoms with E-state index in [1.807, 2.05) is 0 Å². The minimum Gasteiger partial charge on any atom is -0.382 e. The van der Waals surface area contributed by atoms with Gasteiger partial charge in [-0.15, -0.1) is 0 Å². The molecule has 11 heavy (non-hydrogen) atoms. The predicted molar refractivity (Wildman–Crippen MR) is 44.7 cm³/mol. The summed E-state index contributed by atoms with van der Waals surface area (Å²) in [5.74, 6) is 0.408. The number of anilines is 1. The average Bonchev–Trinajstić information content (AvgIpc) is 2.31. The smallest absolute Gasteiger partial charge is 0.305 e. The van der Waals surface area contributed by atoms with Crippen LogP contribution in [0.2, 0.25) is 0 Å². The quantitative estimate of drug-likeness (QED) is 0.602. The summed E-state index contributed by atoms with van der Waals surface area (Å²) in [6.45, 7) is 0. The second-order valence-electron chi connectivity index (χ2n) is 2.09. The molecular formula is C6H5N3OS. The highest BCUT2D eigenvalue weighted by Crippen LogP contribution is 2.17. The Hall–Kier alpha value is -1.36. The fourth-order valence-corrected chi connectivity index (χ4v) is 1.63. The van der Waals surface area contributed by atoms with E-state index in [2.05, 4.69) is 9.97 Å². The summed E-state index contributed by atoms with van der Waals surface area (Å²) in [6.07, 6.45) is 1.57. The van der Waals surface area contributed by atoms with Crippen molar-refractivity contribution in [2.45, 2.75) is 0 Å². The van der Waals surface area contributed by atoms with Crippen molar-refractivity contribution in [1.82, 2.24) is 9.97 Å². The van der Waals surface area contributed by atoms with E-state index in [0.717, 1.165) is 21.6 Å². The van der Waals surface area contributed by atoms with E-state index in [9.17, 15) is 4.79 Å². The Morgan fingerprint density at radius 3 is 3.18 bits per heavy atom. The third-order valence-electron chi connectivity index (χ3n) is 1.36. The molecule has 56 valence electrons. The van der Waals surface area contributed by atoms with Gasteiger partial charge in [0.2, 0.25) is 0 Å². The van der Waals surface area contributed by atoms with Crippen molar-refractivity contribution in [3.8, 4) is 0 Å². The standard InChI is InChI=1S/C6H5N3OS/c7-5-4-3(1-2-8-5)9-6(10)11-4/h1-2H,(H2,7,8)(H,9,10). The van der Waals surface area contributed by atoms with E-state index in [1.54, 1.807) is 12.3 Å². The minimum atomic E-state index is -0.0975. The van der Waals surface area contributed by atoms with Crippen LogP contribution in [0.4, 0.5) is 5.82 Å². The lowest BCUT2D eigenvalue weighted by atomic mass is 10.4. The molecule has 0 aliphatic heterocycles. The number of nitrogens with zero attached hydrogens (tertiary/aromatic N) is 1. The van der Waals surface area contributed by atoms with Gasteiger partial charge in [0, 0.05) is 6.20 Å². The molecule has 3 N–H and O–H groups in total. The van der Waals surface area contributed by atoms with E-state index in [-0.39, 0.29) is 4.87 Å². The number of pyridine rings is 1. The van der Waals surface area contributed by atoms with Crippen LogP contribution < -0.4 is 10.6 Å². The number of aromatic nitrogens is 2. The summed E-state index contributed by atoms with van der Waals surface area (Å²) >= 11 is 1.08. The molecule has 0 atom stereocenters. The number of thiazole rings is 1. The average molecular weight is 167 g/mol. The first kappa shape index (κ1) is 6.36. The zero-order valence-electron chi connectivity index (χ0n) is 5.50. The second-order valence-corrected chi connectivity index (χ2v) is 3.07. The van der Waals surface area contributed by atoms with Gasteiger partial charge in [-0.25, -0.2) is 4.98 Å². The Balaban J connectivity index is 3.01. The lowest BCUT2D eigenvalue weighted by Crippen LogP contribution is -1.89. The van der Waals surface area contributed by atoms with E-state index in [0.29, 0.717) is 5.82 Å². The van der Waals surface area contributed by atoms with Gasteiger partial charge < -0.3 is 10.7 Å². The summed E-state index contributed by atoms with van der Waals surface area (Å²) in [5.41, 5.74) is 6.27. The lowest BCUT2D eigenvalue weighted by molar-refractivity contribution is 1.35. The third-order valence-corrected chi connectivity index (χ3v) is 2.28. The molecule has 0 spiro atoms. The molecule has 0 fully saturated rings. The molecule has 0 aliphatic rings. The van der Waals surface area contributed by atoms with Crippen molar-refractivity contribution in [3.05, 3.63) is 21.9 Å². The number of nitrogens with two attached hydrogens (primary N) is 1. The van der Waals surface area contributed by atoms with Crippen LogP contribution in [0.25, 0.3) is 10.2 Å². The monoisotopic (exact) mass is 167 g/mol. The molecule has 0 saturated heterocycles. The molecule has 0 aromatic carbocycles. The molecule has 2 heterocycles. The maximum Gasteiger partial charge on any atom is 0.305 e. The van der Waals surface area contributed by atoms with Crippen molar-refractivity contribution in [3.63, 3.8) is 0 Å². The summed E-state index contributed by atoms with van der Waals surface area (Å²) in [4.78, 5) is 17.2. The number of nitrogens with one attached hydrogen (secondary N) is 1. The normalized spacial score (nSPS) is 10.5. The third kappa shape index (κ3) is 0.894. The molecule has 0 saturated carbocycles. The maximum atomic E-state index is 10.8. The number of nitrogen functional groups attached to an aromatic ring is 1. The van der Waals surface area contributed by atoms with E-state index >= 15 is 0 Å². The van der Waals surface area contributed by atoms with Gasteiger partial charge in [-0.3, -0.25) is 4.79 Å². The highest BCUT2D eigenvalue weighted by atomic mass is 32.1. The summed E-state index contributed by atoms with van der Waals surface area (Å²) in [7, 11) is 0. The van der Waals surface area contributed by atoms with Gasteiger partial charge in [-0.1, -0.05) is 11.3 Å². The molecule has 0 radical (unpaired) electrons. The lowest BCUT2D eigenvalue weighted by Gasteiger charge is -1.89. The van der Waals surface area contributed by atoms with Crippen molar-refractivity contribution in [1.29, 1.82) is 0 Å². The van der Waals surface area contributed by atoms with Gasteiger partial charge in [-0.05, 0) is 6.07 Å². The van der Waals surface area contributed by atoms with Crippen LogP contribution in [-0.4, -0.2) is 9.97 Å².